The number of aryl methyl sites for hydroxylation is 1. The monoisotopic (exact) mass is 303 g/mol. The molecule has 106 valence electrons. The van der Waals surface area contributed by atoms with Crippen LogP contribution in [0.3, 0.4) is 0 Å². The van der Waals surface area contributed by atoms with E-state index >= 15 is 0 Å². The average Bonchev–Trinajstić information content (AvgIpc) is 2.98. The molecule has 0 aliphatic heterocycles. The van der Waals surface area contributed by atoms with Gasteiger partial charge in [-0.05, 0) is 31.9 Å². The van der Waals surface area contributed by atoms with E-state index in [-0.39, 0.29) is 10.0 Å². The minimum absolute atomic E-state index is 0.0677. The van der Waals surface area contributed by atoms with Crippen molar-refractivity contribution in [3.63, 3.8) is 0 Å². The Hall–Kier alpha value is -1.12. The van der Waals surface area contributed by atoms with Crippen LogP contribution in [-0.4, -0.2) is 25.0 Å². The number of sulfonamides is 1. The standard InChI is InChI=1S/C11H17N3O3S2/c1-8-4-5-9(18-8)19(16,17)14-11(10(12)13-15)6-2-3-7-11/h4-5,14-15H,2-3,6-7H2,1H3,(H2,12,13). The number of amidine groups is 1. The highest BCUT2D eigenvalue weighted by Gasteiger charge is 2.42. The Morgan fingerprint density at radius 2 is 2.11 bits per heavy atom. The first kappa shape index (κ1) is 14.3. The summed E-state index contributed by atoms with van der Waals surface area (Å²) in [6, 6.07) is 3.32. The summed E-state index contributed by atoms with van der Waals surface area (Å²) in [6.07, 6.45) is 2.80. The molecular weight excluding hydrogens is 286 g/mol. The van der Waals surface area contributed by atoms with E-state index in [9.17, 15) is 8.42 Å². The maximum absolute atomic E-state index is 12.3. The molecular formula is C11H17N3O3S2. The summed E-state index contributed by atoms with van der Waals surface area (Å²) in [5, 5.41) is 11.9. The zero-order valence-corrected chi connectivity index (χ0v) is 12.2. The topological polar surface area (TPSA) is 105 Å². The fourth-order valence-electron chi connectivity index (χ4n) is 2.35. The molecule has 4 N–H and O–H groups in total. The molecule has 1 aromatic heterocycles. The molecule has 1 aliphatic carbocycles. The lowest BCUT2D eigenvalue weighted by Gasteiger charge is -2.27. The predicted molar refractivity (Wildman–Crippen MR) is 74.0 cm³/mol. The van der Waals surface area contributed by atoms with Crippen molar-refractivity contribution in [2.75, 3.05) is 0 Å². The van der Waals surface area contributed by atoms with Gasteiger partial charge in [-0.15, -0.1) is 11.3 Å². The van der Waals surface area contributed by atoms with Crippen LogP contribution in [0.4, 0.5) is 0 Å². The lowest BCUT2D eigenvalue weighted by atomic mass is 9.98. The van der Waals surface area contributed by atoms with Crippen LogP contribution in [0.5, 0.6) is 0 Å². The zero-order valence-electron chi connectivity index (χ0n) is 10.6. The second-order valence-corrected chi connectivity index (χ2v) is 7.94. The van der Waals surface area contributed by atoms with Gasteiger partial charge >= 0.3 is 0 Å². The van der Waals surface area contributed by atoms with Crippen LogP contribution in [0.2, 0.25) is 0 Å². The van der Waals surface area contributed by atoms with Gasteiger partial charge in [-0.25, -0.2) is 8.42 Å². The molecule has 0 bridgehead atoms. The first-order valence-electron chi connectivity index (χ1n) is 5.98. The Morgan fingerprint density at radius 3 is 2.58 bits per heavy atom. The van der Waals surface area contributed by atoms with Crippen LogP contribution >= 0.6 is 11.3 Å². The largest absolute Gasteiger partial charge is 0.409 e. The quantitative estimate of drug-likeness (QED) is 0.338. The Balaban J connectivity index is 2.32. The van der Waals surface area contributed by atoms with Gasteiger partial charge in [0.1, 0.15) is 4.21 Å². The number of nitrogens with one attached hydrogen (secondary N) is 1. The van der Waals surface area contributed by atoms with Gasteiger partial charge < -0.3 is 10.9 Å². The highest BCUT2D eigenvalue weighted by Crippen LogP contribution is 2.32. The second kappa shape index (κ2) is 5.10. The Kier molecular flexibility index (Phi) is 3.84. The normalized spacial score (nSPS) is 19.7. The van der Waals surface area contributed by atoms with Gasteiger partial charge in [-0.2, -0.15) is 4.72 Å². The molecule has 6 nitrogen and oxygen atoms in total. The molecule has 0 atom stereocenters. The summed E-state index contributed by atoms with van der Waals surface area (Å²) in [5.41, 5.74) is 4.73. The summed E-state index contributed by atoms with van der Waals surface area (Å²) >= 11 is 1.20. The molecule has 2 rings (SSSR count). The molecule has 0 saturated heterocycles. The second-order valence-electron chi connectivity index (χ2n) is 4.75. The molecule has 0 unspecified atom stereocenters. The van der Waals surface area contributed by atoms with Crippen molar-refractivity contribution in [2.45, 2.75) is 42.4 Å². The smallest absolute Gasteiger partial charge is 0.250 e. The Morgan fingerprint density at radius 1 is 1.47 bits per heavy atom. The third-order valence-corrected chi connectivity index (χ3v) is 6.39. The molecule has 0 spiro atoms. The van der Waals surface area contributed by atoms with Gasteiger partial charge in [-0.3, -0.25) is 0 Å². The molecule has 8 heteroatoms. The van der Waals surface area contributed by atoms with E-state index < -0.39 is 15.6 Å². The van der Waals surface area contributed by atoms with Gasteiger partial charge in [0.2, 0.25) is 0 Å². The number of oxime groups is 1. The van der Waals surface area contributed by atoms with Crippen molar-refractivity contribution in [1.29, 1.82) is 0 Å². The summed E-state index contributed by atoms with van der Waals surface area (Å²) in [4.78, 5) is 0.921. The third kappa shape index (κ3) is 2.75. The van der Waals surface area contributed by atoms with Gasteiger partial charge in [0.05, 0.1) is 5.54 Å². The number of hydrogen-bond donors (Lipinski definition) is 3. The van der Waals surface area contributed by atoms with Crippen molar-refractivity contribution in [3.8, 4) is 0 Å². The number of hydrogen-bond acceptors (Lipinski definition) is 5. The van der Waals surface area contributed by atoms with Crippen molar-refractivity contribution in [1.82, 2.24) is 4.72 Å². The van der Waals surface area contributed by atoms with Gasteiger partial charge in [0.25, 0.3) is 10.0 Å². The van der Waals surface area contributed by atoms with Crippen molar-refractivity contribution in [3.05, 3.63) is 17.0 Å². The van der Waals surface area contributed by atoms with E-state index in [1.54, 1.807) is 12.1 Å². The molecule has 19 heavy (non-hydrogen) atoms. The molecule has 1 saturated carbocycles. The summed E-state index contributed by atoms with van der Waals surface area (Å²) < 4.78 is 27.5. The Bertz CT molecular complexity index is 586. The van der Waals surface area contributed by atoms with Crippen LogP contribution in [-0.2, 0) is 10.0 Å². The van der Waals surface area contributed by atoms with Crippen LogP contribution in [0.1, 0.15) is 30.6 Å². The number of nitrogens with two attached hydrogens (primary N) is 1. The molecule has 1 fully saturated rings. The third-order valence-electron chi connectivity index (χ3n) is 3.37. The van der Waals surface area contributed by atoms with Gasteiger partial charge in [0.15, 0.2) is 5.84 Å². The maximum atomic E-state index is 12.3. The first-order chi connectivity index (χ1) is 8.89. The molecule has 0 amide bonds. The van der Waals surface area contributed by atoms with E-state index in [0.717, 1.165) is 17.7 Å². The molecule has 0 radical (unpaired) electrons. The molecule has 0 aromatic carbocycles. The molecule has 1 aliphatic rings. The fraction of sp³-hybridized carbons (Fsp3) is 0.545. The zero-order chi connectivity index (χ0) is 14.1. The van der Waals surface area contributed by atoms with Gasteiger partial charge in [0, 0.05) is 4.88 Å². The number of nitrogens with zero attached hydrogens (tertiary/aromatic N) is 1. The first-order valence-corrected chi connectivity index (χ1v) is 8.28. The lowest BCUT2D eigenvalue weighted by molar-refractivity contribution is 0.310. The van der Waals surface area contributed by atoms with Crippen LogP contribution in [0.15, 0.2) is 21.5 Å². The van der Waals surface area contributed by atoms with Crippen molar-refractivity contribution >= 4 is 27.2 Å². The SMILES string of the molecule is Cc1ccc(S(=O)(=O)NC2(/C(N)=N/O)CCCC2)s1. The van der Waals surface area contributed by atoms with Crippen molar-refractivity contribution < 1.29 is 13.6 Å². The van der Waals surface area contributed by atoms with E-state index in [1.165, 1.54) is 11.3 Å². The maximum Gasteiger partial charge on any atom is 0.250 e. The minimum Gasteiger partial charge on any atom is -0.409 e. The number of thiophene rings is 1. The fourth-order valence-corrected chi connectivity index (χ4v) is 5.07. The Labute approximate surface area is 116 Å². The van der Waals surface area contributed by atoms with E-state index in [0.29, 0.717) is 12.8 Å². The minimum atomic E-state index is -3.64. The predicted octanol–water partition coefficient (Wildman–Crippen LogP) is 1.39. The summed E-state index contributed by atoms with van der Waals surface area (Å²) in [6.45, 7) is 1.85. The van der Waals surface area contributed by atoms with E-state index in [1.807, 2.05) is 6.92 Å². The highest BCUT2D eigenvalue weighted by atomic mass is 32.2. The summed E-state index contributed by atoms with van der Waals surface area (Å²) in [7, 11) is -3.64. The van der Waals surface area contributed by atoms with Crippen molar-refractivity contribution in [2.24, 2.45) is 10.9 Å². The van der Waals surface area contributed by atoms with E-state index in [2.05, 4.69) is 9.88 Å². The van der Waals surface area contributed by atoms with Crippen LogP contribution in [0, 0.1) is 6.92 Å². The molecule has 1 heterocycles. The van der Waals surface area contributed by atoms with Crippen LogP contribution < -0.4 is 10.5 Å². The van der Waals surface area contributed by atoms with Crippen LogP contribution in [0.25, 0.3) is 0 Å². The highest BCUT2D eigenvalue weighted by molar-refractivity contribution is 7.91. The van der Waals surface area contributed by atoms with E-state index in [4.69, 9.17) is 10.9 Å². The average molecular weight is 303 g/mol. The number of rotatable bonds is 4. The summed E-state index contributed by atoms with van der Waals surface area (Å²) in [5.74, 6) is -0.0677. The molecule has 1 aromatic rings. The van der Waals surface area contributed by atoms with Gasteiger partial charge in [-0.1, -0.05) is 18.0 Å². The lowest BCUT2D eigenvalue weighted by Crippen LogP contribution is -2.55.